The van der Waals surface area contributed by atoms with Gasteiger partial charge in [-0.05, 0) is 17.7 Å². The van der Waals surface area contributed by atoms with Crippen LogP contribution in [0.5, 0.6) is 0 Å². The number of hydrogen-bond acceptors (Lipinski definition) is 5. The highest BCUT2D eigenvalue weighted by atomic mass is 16.6. The Morgan fingerprint density at radius 1 is 1.05 bits per heavy atom. The molecule has 0 radical (unpaired) electrons. The summed E-state index contributed by atoms with van der Waals surface area (Å²) < 4.78 is 4.56. The first-order valence-electron chi connectivity index (χ1n) is 5.58. The number of rotatable bonds is 3. The highest BCUT2D eigenvalue weighted by molar-refractivity contribution is 5.96. The molecule has 1 aromatic heterocycles. The molecule has 0 fully saturated rings. The van der Waals surface area contributed by atoms with Crippen molar-refractivity contribution in [3.8, 4) is 0 Å². The molecule has 1 N–H and O–H groups in total. The number of carbonyl (C=O) groups excluding carboxylic acids is 2. The molecule has 0 aliphatic rings. The van der Waals surface area contributed by atoms with Crippen LogP contribution in [0.4, 0.5) is 0 Å². The van der Waals surface area contributed by atoms with Crippen molar-refractivity contribution >= 4 is 11.9 Å². The van der Waals surface area contributed by atoms with Crippen LogP contribution in [0.1, 0.15) is 22.2 Å². The number of aliphatic hydroxyl groups excluding tert-OH is 1. The molecule has 0 saturated carbocycles. The van der Waals surface area contributed by atoms with Crippen LogP contribution in [0.25, 0.3) is 0 Å². The predicted molar refractivity (Wildman–Crippen MR) is 66.1 cm³/mol. The molecule has 2 rings (SSSR count). The van der Waals surface area contributed by atoms with Gasteiger partial charge in [-0.3, -0.25) is 0 Å². The van der Waals surface area contributed by atoms with Gasteiger partial charge in [0.25, 0.3) is 0 Å². The predicted octanol–water partition coefficient (Wildman–Crippen LogP) is 1.50. The first-order valence-corrected chi connectivity index (χ1v) is 5.58. The molecule has 96 valence electrons. The molecule has 2 aromatic rings. The Morgan fingerprint density at radius 2 is 1.74 bits per heavy atom. The number of ether oxygens (including phenoxy) is 1. The van der Waals surface area contributed by atoms with Gasteiger partial charge in [0, 0.05) is 6.20 Å². The second-order valence-electron chi connectivity index (χ2n) is 3.74. The molecular weight excluding hydrogens is 246 g/mol. The molecule has 0 spiro atoms. The maximum absolute atomic E-state index is 11.6. The maximum atomic E-state index is 11.6. The molecule has 0 aliphatic heterocycles. The Hall–Kier alpha value is -2.53. The molecule has 0 unspecified atom stereocenters. The SMILES string of the molecule is O=C(OC(=O)[C@H](O)c1ccccc1)c1ccccn1. The lowest BCUT2D eigenvalue weighted by atomic mass is 10.1. The number of nitrogens with zero attached hydrogens (tertiary/aromatic N) is 1. The number of benzene rings is 1. The van der Waals surface area contributed by atoms with Gasteiger partial charge in [0.1, 0.15) is 5.69 Å². The van der Waals surface area contributed by atoms with Gasteiger partial charge in [0.15, 0.2) is 6.10 Å². The van der Waals surface area contributed by atoms with Crippen molar-refractivity contribution in [2.75, 3.05) is 0 Å². The van der Waals surface area contributed by atoms with Gasteiger partial charge in [0.05, 0.1) is 0 Å². The minimum atomic E-state index is -1.49. The van der Waals surface area contributed by atoms with E-state index in [1.165, 1.54) is 12.3 Å². The lowest BCUT2D eigenvalue weighted by Gasteiger charge is -2.09. The molecular formula is C14H11NO4. The number of pyridine rings is 1. The van der Waals surface area contributed by atoms with E-state index < -0.39 is 18.0 Å². The summed E-state index contributed by atoms with van der Waals surface area (Å²) in [7, 11) is 0. The van der Waals surface area contributed by atoms with E-state index in [2.05, 4.69) is 9.72 Å². The average molecular weight is 257 g/mol. The molecule has 0 aliphatic carbocycles. The summed E-state index contributed by atoms with van der Waals surface area (Å²) in [4.78, 5) is 26.9. The summed E-state index contributed by atoms with van der Waals surface area (Å²) in [5.41, 5.74) is 0.373. The molecule has 1 aromatic carbocycles. The van der Waals surface area contributed by atoms with Crippen molar-refractivity contribution in [3.05, 3.63) is 66.0 Å². The fourth-order valence-electron chi connectivity index (χ4n) is 1.45. The van der Waals surface area contributed by atoms with Crippen LogP contribution in [-0.2, 0) is 9.53 Å². The Labute approximate surface area is 109 Å². The van der Waals surface area contributed by atoms with Gasteiger partial charge in [-0.1, -0.05) is 36.4 Å². The van der Waals surface area contributed by atoms with Crippen LogP contribution < -0.4 is 0 Å². The standard InChI is InChI=1S/C14H11NO4/c16-12(10-6-2-1-3-7-10)14(18)19-13(17)11-8-4-5-9-15-11/h1-9,12,16H/t12-/m1/s1. The van der Waals surface area contributed by atoms with E-state index in [9.17, 15) is 14.7 Å². The van der Waals surface area contributed by atoms with E-state index in [-0.39, 0.29) is 5.69 Å². The van der Waals surface area contributed by atoms with Crippen LogP contribution in [0.15, 0.2) is 54.7 Å². The molecule has 0 saturated heterocycles. The lowest BCUT2D eigenvalue weighted by molar-refractivity contribution is -0.147. The fraction of sp³-hybridized carbons (Fsp3) is 0.0714. The minimum absolute atomic E-state index is 0.0103. The zero-order valence-corrected chi connectivity index (χ0v) is 9.89. The molecule has 1 heterocycles. The number of aromatic nitrogens is 1. The van der Waals surface area contributed by atoms with E-state index in [1.54, 1.807) is 42.5 Å². The third-order valence-electron chi connectivity index (χ3n) is 2.41. The molecule has 19 heavy (non-hydrogen) atoms. The van der Waals surface area contributed by atoms with Crippen molar-refractivity contribution in [1.29, 1.82) is 0 Å². The number of esters is 2. The Bertz CT molecular complexity index is 569. The Balaban J connectivity index is 2.04. The highest BCUT2D eigenvalue weighted by Crippen LogP contribution is 2.14. The summed E-state index contributed by atoms with van der Waals surface area (Å²) in [5.74, 6) is -1.91. The van der Waals surface area contributed by atoms with Crippen LogP contribution in [0.3, 0.4) is 0 Å². The maximum Gasteiger partial charge on any atom is 0.364 e. The summed E-state index contributed by atoms with van der Waals surface area (Å²) in [6, 6.07) is 12.9. The molecule has 0 amide bonds. The van der Waals surface area contributed by atoms with Crippen LogP contribution in [0.2, 0.25) is 0 Å². The molecule has 1 atom stereocenters. The summed E-state index contributed by atoms with van der Waals surface area (Å²) in [6.45, 7) is 0. The lowest BCUT2D eigenvalue weighted by Crippen LogP contribution is -2.20. The zero-order valence-electron chi connectivity index (χ0n) is 9.89. The van der Waals surface area contributed by atoms with Crippen molar-refractivity contribution in [2.45, 2.75) is 6.10 Å². The van der Waals surface area contributed by atoms with E-state index >= 15 is 0 Å². The third kappa shape index (κ3) is 3.23. The van der Waals surface area contributed by atoms with Gasteiger partial charge >= 0.3 is 11.9 Å². The Morgan fingerprint density at radius 3 is 2.37 bits per heavy atom. The van der Waals surface area contributed by atoms with Gasteiger partial charge in [-0.25, -0.2) is 14.6 Å². The number of aliphatic hydroxyl groups is 1. The molecule has 5 heteroatoms. The number of carbonyl (C=O) groups is 2. The first-order chi connectivity index (χ1) is 9.18. The summed E-state index contributed by atoms with van der Waals surface area (Å²) in [6.07, 6.45) is -0.0804. The number of hydrogen-bond donors (Lipinski definition) is 1. The summed E-state index contributed by atoms with van der Waals surface area (Å²) >= 11 is 0. The minimum Gasteiger partial charge on any atom is -0.386 e. The average Bonchev–Trinajstić information content (AvgIpc) is 2.48. The topological polar surface area (TPSA) is 76.5 Å². The molecule has 5 nitrogen and oxygen atoms in total. The highest BCUT2D eigenvalue weighted by Gasteiger charge is 2.22. The second-order valence-corrected chi connectivity index (χ2v) is 3.74. The van der Waals surface area contributed by atoms with Crippen LogP contribution >= 0.6 is 0 Å². The van der Waals surface area contributed by atoms with Gasteiger partial charge in [-0.2, -0.15) is 0 Å². The normalized spacial score (nSPS) is 11.6. The van der Waals surface area contributed by atoms with E-state index in [0.29, 0.717) is 5.56 Å². The van der Waals surface area contributed by atoms with Crippen molar-refractivity contribution in [1.82, 2.24) is 4.98 Å². The van der Waals surface area contributed by atoms with Crippen molar-refractivity contribution in [3.63, 3.8) is 0 Å². The van der Waals surface area contributed by atoms with Crippen molar-refractivity contribution in [2.24, 2.45) is 0 Å². The van der Waals surface area contributed by atoms with Crippen molar-refractivity contribution < 1.29 is 19.4 Å². The van der Waals surface area contributed by atoms with Gasteiger partial charge in [0.2, 0.25) is 0 Å². The fourth-order valence-corrected chi connectivity index (χ4v) is 1.45. The first kappa shape index (κ1) is 12.9. The van der Waals surface area contributed by atoms with Gasteiger partial charge in [-0.15, -0.1) is 0 Å². The third-order valence-corrected chi connectivity index (χ3v) is 2.41. The van der Waals surface area contributed by atoms with Gasteiger partial charge < -0.3 is 9.84 Å². The van der Waals surface area contributed by atoms with Crippen LogP contribution in [0, 0.1) is 0 Å². The van der Waals surface area contributed by atoms with Crippen LogP contribution in [-0.4, -0.2) is 22.0 Å². The van der Waals surface area contributed by atoms with E-state index in [4.69, 9.17) is 0 Å². The zero-order chi connectivity index (χ0) is 13.7. The van der Waals surface area contributed by atoms with E-state index in [1.807, 2.05) is 0 Å². The largest absolute Gasteiger partial charge is 0.386 e. The summed E-state index contributed by atoms with van der Waals surface area (Å²) in [5, 5.41) is 9.74. The second kappa shape index (κ2) is 5.88. The monoisotopic (exact) mass is 257 g/mol. The Kier molecular flexibility index (Phi) is 4.00. The quantitative estimate of drug-likeness (QED) is 0.666. The van der Waals surface area contributed by atoms with E-state index in [0.717, 1.165) is 0 Å². The smallest absolute Gasteiger partial charge is 0.364 e. The molecule has 0 bridgehead atoms.